The van der Waals surface area contributed by atoms with Gasteiger partial charge in [-0.2, -0.15) is 5.26 Å². The number of nitrogen functional groups attached to an aromatic ring is 2. The predicted octanol–water partition coefficient (Wildman–Crippen LogP) is 2.20. The number of nitrogens with zero attached hydrogens (tertiary/aromatic N) is 6. The second-order valence-electron chi connectivity index (χ2n) is 8.83. The first-order chi connectivity index (χ1) is 18.6. The molecule has 3 heterocycles. The van der Waals surface area contributed by atoms with Crippen molar-refractivity contribution in [3.05, 3.63) is 115 Å². The third-order valence-electron chi connectivity index (χ3n) is 4.40. The number of benzene rings is 2. The van der Waals surface area contributed by atoms with E-state index in [1.807, 2.05) is 48.5 Å². The van der Waals surface area contributed by atoms with E-state index in [1.54, 1.807) is 69.7 Å². The number of nitrogens with two attached hydrogens (primary N) is 2. The quantitative estimate of drug-likeness (QED) is 0.181. The van der Waals surface area contributed by atoms with E-state index >= 15 is 0 Å². The summed E-state index contributed by atoms with van der Waals surface area (Å²) >= 11 is 0. The molecule has 0 aliphatic heterocycles. The van der Waals surface area contributed by atoms with Crippen molar-refractivity contribution in [3.8, 4) is 17.5 Å². The Morgan fingerprint density at radius 2 is 1.45 bits per heavy atom. The summed E-state index contributed by atoms with van der Waals surface area (Å²) in [5.41, 5.74) is 14.0. The van der Waals surface area contributed by atoms with Crippen LogP contribution in [0.1, 0.15) is 26.3 Å². The van der Waals surface area contributed by atoms with E-state index in [-0.39, 0.29) is 51.4 Å². The monoisotopic (exact) mass is 556 g/mol. The smallest absolute Gasteiger partial charge is 0.850 e. The molecule has 0 bridgehead atoms. The first-order valence-corrected chi connectivity index (χ1v) is 11.8. The molecule has 0 aliphatic rings. The van der Waals surface area contributed by atoms with Gasteiger partial charge in [-0.05, 0) is 36.4 Å². The molecule has 40 heavy (non-hydrogen) atoms. The molecule has 4 N–H and O–H groups in total. The number of nitriles is 1. The third-order valence-corrected chi connectivity index (χ3v) is 4.40. The summed E-state index contributed by atoms with van der Waals surface area (Å²) in [7, 11) is 0. The van der Waals surface area contributed by atoms with Crippen LogP contribution in [0.3, 0.4) is 0 Å². The molecular weight excluding hydrogens is 527 g/mol. The summed E-state index contributed by atoms with van der Waals surface area (Å²) in [6.45, 7) is 11.5. The Morgan fingerprint density at radius 1 is 0.850 bits per heavy atom. The molecule has 0 atom stereocenters. The van der Waals surface area contributed by atoms with Gasteiger partial charge < -0.3 is 16.6 Å². The predicted molar refractivity (Wildman–Crippen MR) is 153 cm³/mol. The minimum Gasteiger partial charge on any atom is -0.850 e. The molecule has 5 rings (SSSR count). The Labute approximate surface area is 277 Å². The van der Waals surface area contributed by atoms with Crippen LogP contribution in [-0.4, -0.2) is 25.5 Å². The molecule has 0 saturated carbocycles. The summed E-state index contributed by atoms with van der Waals surface area (Å²) in [4.78, 5) is 19.8. The van der Waals surface area contributed by atoms with Crippen molar-refractivity contribution in [3.63, 3.8) is 0 Å². The third kappa shape index (κ3) is 12.9. The summed E-state index contributed by atoms with van der Waals surface area (Å²) in [5.74, 6) is 1.10. The van der Waals surface area contributed by atoms with Crippen molar-refractivity contribution >= 4 is 28.1 Å². The van der Waals surface area contributed by atoms with E-state index in [0.29, 0.717) is 28.6 Å². The molecule has 0 saturated heterocycles. The second-order valence-corrected chi connectivity index (χ2v) is 8.83. The van der Waals surface area contributed by atoms with Crippen LogP contribution in [0.4, 0.5) is 17.2 Å². The fraction of sp³-hybridized carbons (Fsp3) is 0.133. The Bertz CT molecular complexity index is 1540. The fourth-order valence-corrected chi connectivity index (χ4v) is 2.74. The molecule has 0 fully saturated rings. The average molecular weight is 557 g/mol. The number of anilines is 2. The minimum absolute atomic E-state index is 0. The summed E-state index contributed by atoms with van der Waals surface area (Å²) in [6, 6.07) is 23.9. The maximum atomic E-state index is 10.1. The molecule has 0 unspecified atom stereocenters. The number of rotatable bonds is 1. The van der Waals surface area contributed by atoms with Gasteiger partial charge in [0.25, 0.3) is 0 Å². The van der Waals surface area contributed by atoms with Crippen molar-refractivity contribution in [1.29, 1.82) is 5.26 Å². The van der Waals surface area contributed by atoms with Gasteiger partial charge in [0.05, 0.1) is 17.7 Å². The average Bonchev–Trinajstić information content (AvgIpc) is 2.94. The molecular formula is C30H29KN8O. The van der Waals surface area contributed by atoms with Gasteiger partial charge in [-0.25, -0.2) is 14.8 Å². The molecule has 2 aromatic carbocycles. The zero-order chi connectivity index (χ0) is 28.7. The van der Waals surface area contributed by atoms with Crippen LogP contribution in [0.5, 0.6) is 0 Å². The van der Waals surface area contributed by atoms with E-state index in [9.17, 15) is 5.11 Å². The standard InChI is InChI=1S/C13H10N4.C7H6N2.C6H4N2.C4H9O.K/c14-12-10-5-1-2-6-11(10)16-13(17-12)9-4-3-7-15-8-9;1-9-7-5-3-2-4-6(7)8;7-4-6-2-1-3-8-5-6;1-4(2,3)5;/h1-8H,(H2,14,16,17);2-5H,8H2;1-3,5H;1-3H3;/q;;;-1;+1. The number of pyridine rings is 2. The first kappa shape index (κ1) is 34.3. The van der Waals surface area contributed by atoms with Crippen LogP contribution in [0.25, 0.3) is 27.1 Å². The Balaban J connectivity index is 0.000000296. The normalized spacial score (nSPS) is 9.45. The number of hydrogen-bond acceptors (Lipinski definition) is 8. The van der Waals surface area contributed by atoms with Gasteiger partial charge >= 0.3 is 51.4 Å². The minimum atomic E-state index is -0.750. The van der Waals surface area contributed by atoms with Gasteiger partial charge in [-0.3, -0.25) is 9.97 Å². The Morgan fingerprint density at radius 3 is 1.95 bits per heavy atom. The maximum absolute atomic E-state index is 10.1. The van der Waals surface area contributed by atoms with E-state index in [1.165, 1.54) is 6.20 Å². The van der Waals surface area contributed by atoms with Crippen molar-refractivity contribution in [2.45, 2.75) is 26.4 Å². The van der Waals surface area contributed by atoms with Gasteiger partial charge in [0.15, 0.2) is 5.82 Å². The van der Waals surface area contributed by atoms with Crippen LogP contribution in [0.15, 0.2) is 97.6 Å². The van der Waals surface area contributed by atoms with Crippen LogP contribution in [-0.2, 0) is 0 Å². The SMILES string of the molecule is CC(C)(C)[O-].N#Cc1cccnc1.Nc1nc(-c2cccnc2)nc2ccccc12.[C-]#[N+]c1ccccc1N.[K+]. The molecule has 0 radical (unpaired) electrons. The van der Waals surface area contributed by atoms with Crippen LogP contribution in [0.2, 0.25) is 0 Å². The van der Waals surface area contributed by atoms with Crippen LogP contribution < -0.4 is 68.0 Å². The van der Waals surface area contributed by atoms with Crippen molar-refractivity contribution in [1.82, 2.24) is 19.9 Å². The van der Waals surface area contributed by atoms with Crippen LogP contribution in [0, 0.1) is 17.9 Å². The molecule has 10 heteroatoms. The summed E-state index contributed by atoms with van der Waals surface area (Å²) in [5, 5.41) is 19.2. The topological polar surface area (TPSA) is 155 Å². The van der Waals surface area contributed by atoms with E-state index in [0.717, 1.165) is 16.5 Å². The Kier molecular flexibility index (Phi) is 15.2. The second kappa shape index (κ2) is 17.8. The number of hydrogen-bond donors (Lipinski definition) is 2. The van der Waals surface area contributed by atoms with E-state index in [4.69, 9.17) is 23.3 Å². The molecule has 0 amide bonds. The van der Waals surface area contributed by atoms with Crippen molar-refractivity contribution < 1.29 is 56.5 Å². The first-order valence-electron chi connectivity index (χ1n) is 11.8. The Hall–Kier alpha value is -3.74. The molecule has 0 spiro atoms. The number of aromatic nitrogens is 4. The van der Waals surface area contributed by atoms with Gasteiger partial charge in [0.2, 0.25) is 5.69 Å². The van der Waals surface area contributed by atoms with Crippen molar-refractivity contribution in [2.24, 2.45) is 0 Å². The summed E-state index contributed by atoms with van der Waals surface area (Å²) < 4.78 is 0. The van der Waals surface area contributed by atoms with Gasteiger partial charge in [-0.1, -0.05) is 57.2 Å². The largest absolute Gasteiger partial charge is 1.00 e. The van der Waals surface area contributed by atoms with Gasteiger partial charge in [-0.15, -0.1) is 5.60 Å². The number of fused-ring (bicyclic) bond motifs is 1. The zero-order valence-corrected chi connectivity index (χ0v) is 26.1. The molecule has 196 valence electrons. The van der Waals surface area contributed by atoms with Gasteiger partial charge in [0.1, 0.15) is 11.9 Å². The summed E-state index contributed by atoms with van der Waals surface area (Å²) in [6.07, 6.45) is 6.61. The molecule has 5 aromatic rings. The fourth-order valence-electron chi connectivity index (χ4n) is 2.74. The zero-order valence-electron chi connectivity index (χ0n) is 23.0. The number of para-hydroxylation sites is 3. The van der Waals surface area contributed by atoms with E-state index in [2.05, 4.69) is 24.8 Å². The molecule has 3 aromatic heterocycles. The molecule has 9 nitrogen and oxygen atoms in total. The maximum Gasteiger partial charge on any atom is 1.00 e. The van der Waals surface area contributed by atoms with Gasteiger partial charge in [0, 0.05) is 41.4 Å². The van der Waals surface area contributed by atoms with Crippen molar-refractivity contribution in [2.75, 3.05) is 11.5 Å². The van der Waals surface area contributed by atoms with Crippen LogP contribution >= 0.6 is 0 Å². The molecule has 0 aliphatic carbocycles. The van der Waals surface area contributed by atoms with E-state index < -0.39 is 5.60 Å².